The zero-order chi connectivity index (χ0) is 20.5. The summed E-state index contributed by atoms with van der Waals surface area (Å²) in [5.74, 6) is 0.514. The zero-order valence-corrected chi connectivity index (χ0v) is 18.6. The lowest BCUT2D eigenvalue weighted by Crippen LogP contribution is -2.53. The summed E-state index contributed by atoms with van der Waals surface area (Å²) in [6.07, 6.45) is 0.194. The van der Waals surface area contributed by atoms with E-state index in [1.165, 1.54) is 0 Å². The predicted molar refractivity (Wildman–Crippen MR) is 112 cm³/mol. The van der Waals surface area contributed by atoms with E-state index in [4.69, 9.17) is 21.1 Å². The Kier molecular flexibility index (Phi) is 9.50. The number of carbonyl (C=O) groups is 2. The van der Waals surface area contributed by atoms with Gasteiger partial charge in [0.2, 0.25) is 5.91 Å². The number of ether oxygens (including phenoxy) is 2. The van der Waals surface area contributed by atoms with E-state index in [2.05, 4.69) is 26.1 Å². The van der Waals surface area contributed by atoms with Gasteiger partial charge in [-0.1, -0.05) is 11.6 Å². The molecule has 1 saturated heterocycles. The average Bonchev–Trinajstić information content (AvgIpc) is 2.67. The van der Waals surface area contributed by atoms with Crippen LogP contribution in [0.25, 0.3) is 0 Å². The van der Waals surface area contributed by atoms with E-state index in [1.54, 1.807) is 37.1 Å². The molecule has 0 radical (unpaired) electrons. The molecule has 1 aliphatic rings. The number of benzene rings is 1. The summed E-state index contributed by atoms with van der Waals surface area (Å²) < 4.78 is 11.5. The van der Waals surface area contributed by atoms with Gasteiger partial charge >= 0.3 is 0 Å². The van der Waals surface area contributed by atoms with Gasteiger partial charge in [0.05, 0.1) is 11.0 Å². The molecule has 0 saturated carbocycles. The topological polar surface area (TPSA) is 71.1 Å². The molecule has 156 valence electrons. The van der Waals surface area contributed by atoms with Crippen LogP contribution in [0.5, 0.6) is 5.75 Å². The van der Waals surface area contributed by atoms with E-state index in [9.17, 15) is 9.59 Å². The normalized spacial score (nSPS) is 15.9. The van der Waals surface area contributed by atoms with Gasteiger partial charge in [-0.25, -0.2) is 0 Å². The van der Waals surface area contributed by atoms with Crippen molar-refractivity contribution in [2.24, 2.45) is 0 Å². The number of methoxy groups -OCH3 is 1. The van der Waals surface area contributed by atoms with Gasteiger partial charge in [0.1, 0.15) is 5.75 Å². The summed E-state index contributed by atoms with van der Waals surface area (Å²) in [6, 6.07) is 5.19. The molecule has 1 aliphatic heterocycles. The third-order valence-corrected chi connectivity index (χ3v) is 5.30. The highest BCUT2D eigenvalue weighted by atomic mass is 79.9. The van der Waals surface area contributed by atoms with Gasteiger partial charge in [-0.3, -0.25) is 14.5 Å². The summed E-state index contributed by atoms with van der Waals surface area (Å²) in [5.41, 5.74) is 0. The molecule has 0 spiro atoms. The predicted octanol–water partition coefficient (Wildman–Crippen LogP) is 2.17. The number of rotatable bonds is 9. The minimum Gasteiger partial charge on any atom is -0.480 e. The average molecular weight is 477 g/mol. The molecule has 1 N–H and O–H groups in total. The molecular formula is C19H27BrClN3O4. The summed E-state index contributed by atoms with van der Waals surface area (Å²) in [7, 11) is 1.64. The van der Waals surface area contributed by atoms with Crippen LogP contribution in [0.3, 0.4) is 0 Å². The fourth-order valence-electron chi connectivity index (χ4n) is 2.90. The van der Waals surface area contributed by atoms with Crippen molar-refractivity contribution in [1.29, 1.82) is 0 Å². The van der Waals surface area contributed by atoms with E-state index >= 15 is 0 Å². The summed E-state index contributed by atoms with van der Waals surface area (Å²) in [5, 5.41) is 3.47. The molecule has 2 amide bonds. The molecule has 1 fully saturated rings. The SMILES string of the molecule is COCCCNC(=O)CN1CCN(C(=O)C(C)Oc2ccc(Cl)cc2Br)CC1. The minimum absolute atomic E-state index is 0.000157. The second-order valence-corrected chi connectivity index (χ2v) is 7.92. The lowest BCUT2D eigenvalue weighted by atomic mass is 10.2. The molecule has 1 aromatic rings. The summed E-state index contributed by atoms with van der Waals surface area (Å²) in [4.78, 5) is 28.4. The first-order valence-corrected chi connectivity index (χ1v) is 10.5. The largest absolute Gasteiger partial charge is 0.480 e. The summed E-state index contributed by atoms with van der Waals surface area (Å²) in [6.45, 7) is 5.80. The second-order valence-electron chi connectivity index (χ2n) is 6.63. The first-order chi connectivity index (χ1) is 13.4. The van der Waals surface area contributed by atoms with Crippen molar-refractivity contribution in [3.05, 3.63) is 27.7 Å². The molecule has 0 aromatic heterocycles. The Bertz CT molecular complexity index is 669. The fraction of sp³-hybridized carbons (Fsp3) is 0.579. The van der Waals surface area contributed by atoms with E-state index in [-0.39, 0.29) is 11.8 Å². The van der Waals surface area contributed by atoms with Crippen molar-refractivity contribution in [1.82, 2.24) is 15.1 Å². The Morgan fingerprint density at radius 1 is 1.29 bits per heavy atom. The van der Waals surface area contributed by atoms with Crippen LogP contribution in [0.4, 0.5) is 0 Å². The van der Waals surface area contributed by atoms with Crippen LogP contribution < -0.4 is 10.1 Å². The maximum Gasteiger partial charge on any atom is 0.263 e. The Labute approximate surface area is 179 Å². The van der Waals surface area contributed by atoms with Gasteiger partial charge < -0.3 is 19.7 Å². The Morgan fingerprint density at radius 2 is 2.00 bits per heavy atom. The zero-order valence-electron chi connectivity index (χ0n) is 16.2. The van der Waals surface area contributed by atoms with E-state index < -0.39 is 6.10 Å². The van der Waals surface area contributed by atoms with Crippen molar-refractivity contribution >= 4 is 39.3 Å². The molecule has 9 heteroatoms. The molecule has 0 bridgehead atoms. The number of nitrogens with zero attached hydrogens (tertiary/aromatic N) is 2. The third kappa shape index (κ3) is 7.24. The van der Waals surface area contributed by atoms with Crippen molar-refractivity contribution < 1.29 is 19.1 Å². The quantitative estimate of drug-likeness (QED) is 0.553. The van der Waals surface area contributed by atoms with Crippen molar-refractivity contribution in [3.63, 3.8) is 0 Å². The molecule has 2 rings (SSSR count). The van der Waals surface area contributed by atoms with Crippen LogP contribution in [0.2, 0.25) is 5.02 Å². The Hall–Kier alpha value is -1.35. The number of amides is 2. The van der Waals surface area contributed by atoms with Gasteiger partial charge in [-0.2, -0.15) is 0 Å². The van der Waals surface area contributed by atoms with Crippen LogP contribution in [0, 0.1) is 0 Å². The number of hydrogen-bond donors (Lipinski definition) is 1. The monoisotopic (exact) mass is 475 g/mol. The number of piperazine rings is 1. The molecule has 1 heterocycles. The molecule has 1 aromatic carbocycles. The maximum atomic E-state index is 12.7. The smallest absolute Gasteiger partial charge is 0.263 e. The number of halogens is 2. The highest BCUT2D eigenvalue weighted by Gasteiger charge is 2.27. The van der Waals surface area contributed by atoms with Gasteiger partial charge in [-0.05, 0) is 47.5 Å². The molecule has 1 atom stereocenters. The van der Waals surface area contributed by atoms with Gasteiger partial charge in [0.25, 0.3) is 5.91 Å². The second kappa shape index (κ2) is 11.6. The van der Waals surface area contributed by atoms with Gasteiger partial charge in [-0.15, -0.1) is 0 Å². The highest BCUT2D eigenvalue weighted by Crippen LogP contribution is 2.29. The molecule has 0 aliphatic carbocycles. The van der Waals surface area contributed by atoms with Gasteiger partial charge in [0.15, 0.2) is 6.10 Å². The van der Waals surface area contributed by atoms with Crippen LogP contribution in [0.1, 0.15) is 13.3 Å². The first kappa shape index (κ1) is 22.9. The van der Waals surface area contributed by atoms with Crippen LogP contribution in [-0.2, 0) is 14.3 Å². The van der Waals surface area contributed by atoms with Gasteiger partial charge in [0, 0.05) is 51.5 Å². The van der Waals surface area contributed by atoms with Crippen LogP contribution in [0.15, 0.2) is 22.7 Å². The van der Waals surface area contributed by atoms with Crippen molar-refractivity contribution in [3.8, 4) is 5.75 Å². The summed E-state index contributed by atoms with van der Waals surface area (Å²) >= 11 is 9.32. The Balaban J connectivity index is 1.74. The molecular weight excluding hydrogens is 450 g/mol. The van der Waals surface area contributed by atoms with E-state index in [0.29, 0.717) is 61.1 Å². The van der Waals surface area contributed by atoms with Crippen LogP contribution in [-0.4, -0.2) is 80.7 Å². The molecule has 28 heavy (non-hydrogen) atoms. The lowest BCUT2D eigenvalue weighted by molar-refractivity contribution is -0.139. The molecule has 1 unspecified atom stereocenters. The Morgan fingerprint density at radius 3 is 2.64 bits per heavy atom. The highest BCUT2D eigenvalue weighted by molar-refractivity contribution is 9.10. The minimum atomic E-state index is -0.604. The van der Waals surface area contributed by atoms with E-state index in [1.807, 2.05) is 0 Å². The number of carbonyl (C=O) groups excluding carboxylic acids is 2. The van der Waals surface area contributed by atoms with Crippen molar-refractivity contribution in [2.45, 2.75) is 19.4 Å². The maximum absolute atomic E-state index is 12.7. The first-order valence-electron chi connectivity index (χ1n) is 9.29. The number of hydrogen-bond acceptors (Lipinski definition) is 5. The van der Waals surface area contributed by atoms with E-state index in [0.717, 1.165) is 6.42 Å². The third-order valence-electron chi connectivity index (χ3n) is 4.44. The lowest BCUT2D eigenvalue weighted by Gasteiger charge is -2.35. The fourth-order valence-corrected chi connectivity index (χ4v) is 3.67. The molecule has 7 nitrogen and oxygen atoms in total. The van der Waals surface area contributed by atoms with Crippen molar-refractivity contribution in [2.75, 3.05) is 53.0 Å². The van der Waals surface area contributed by atoms with Crippen LogP contribution >= 0.6 is 27.5 Å². The number of nitrogens with one attached hydrogen (secondary N) is 1. The standard InChI is InChI=1S/C19H27BrClN3O4/c1-14(28-17-5-4-15(21)12-16(17)20)19(26)24-9-7-23(8-10-24)13-18(25)22-6-3-11-27-2/h4-5,12,14H,3,6-11,13H2,1-2H3,(H,22,25).